The third-order valence-electron chi connectivity index (χ3n) is 5.53. The van der Waals surface area contributed by atoms with Crippen molar-refractivity contribution in [3.8, 4) is 0 Å². The Bertz CT molecular complexity index is 546. The summed E-state index contributed by atoms with van der Waals surface area (Å²) in [6.07, 6.45) is 4.36. The number of hydrogen-bond acceptors (Lipinski definition) is 5. The van der Waals surface area contributed by atoms with Crippen LogP contribution < -0.4 is 0 Å². The molecule has 2 N–H and O–H groups in total. The van der Waals surface area contributed by atoms with Gasteiger partial charge in [0.05, 0.1) is 6.10 Å². The van der Waals surface area contributed by atoms with E-state index in [-0.39, 0.29) is 24.5 Å². The molecule has 138 valence electrons. The molecule has 2 atom stereocenters. The number of rotatable bonds is 6. The topological polar surface area (TPSA) is 76.9 Å². The number of aromatic nitrogens is 1. The van der Waals surface area contributed by atoms with Gasteiger partial charge in [-0.2, -0.15) is 0 Å². The van der Waals surface area contributed by atoms with E-state index in [0.29, 0.717) is 25.3 Å². The predicted octanol–water partition coefficient (Wildman–Crippen LogP) is 0.538. The van der Waals surface area contributed by atoms with Crippen molar-refractivity contribution in [3.05, 3.63) is 30.1 Å². The zero-order valence-electron chi connectivity index (χ0n) is 14.8. The summed E-state index contributed by atoms with van der Waals surface area (Å²) in [4.78, 5) is 21.1. The Hall–Kier alpha value is -1.50. The van der Waals surface area contributed by atoms with Crippen molar-refractivity contribution in [3.63, 3.8) is 0 Å². The van der Waals surface area contributed by atoms with Gasteiger partial charge >= 0.3 is 0 Å². The molecule has 2 aliphatic rings. The van der Waals surface area contributed by atoms with Gasteiger partial charge in [0.25, 0.3) is 0 Å². The fraction of sp³-hybridized carbons (Fsp3) is 0.684. The van der Waals surface area contributed by atoms with Crippen LogP contribution in [0.15, 0.2) is 24.4 Å². The Morgan fingerprint density at radius 3 is 2.64 bits per heavy atom. The lowest BCUT2D eigenvalue weighted by molar-refractivity contribution is -0.130. The second kappa shape index (κ2) is 8.74. The van der Waals surface area contributed by atoms with E-state index in [2.05, 4.69) is 9.88 Å². The number of aryl methyl sites for hydroxylation is 1. The van der Waals surface area contributed by atoms with Crippen molar-refractivity contribution in [1.82, 2.24) is 14.8 Å². The molecule has 2 fully saturated rings. The van der Waals surface area contributed by atoms with Crippen LogP contribution in [0.4, 0.5) is 0 Å². The van der Waals surface area contributed by atoms with Crippen molar-refractivity contribution < 1.29 is 15.0 Å². The first-order valence-electron chi connectivity index (χ1n) is 9.34. The van der Waals surface area contributed by atoms with Gasteiger partial charge in [0, 0.05) is 63.6 Å². The highest BCUT2D eigenvalue weighted by Gasteiger charge is 2.36. The smallest absolute Gasteiger partial charge is 0.222 e. The molecular formula is C19H29N3O3. The number of likely N-dealkylation sites (tertiary alicyclic amines) is 2. The van der Waals surface area contributed by atoms with Crippen molar-refractivity contribution in [2.24, 2.45) is 11.8 Å². The van der Waals surface area contributed by atoms with Crippen molar-refractivity contribution in [2.45, 2.75) is 31.8 Å². The van der Waals surface area contributed by atoms with Crippen LogP contribution in [0.25, 0.3) is 0 Å². The van der Waals surface area contributed by atoms with Gasteiger partial charge in [0.1, 0.15) is 0 Å². The van der Waals surface area contributed by atoms with Crippen LogP contribution >= 0.6 is 0 Å². The molecule has 0 saturated carbocycles. The molecule has 0 aliphatic carbocycles. The van der Waals surface area contributed by atoms with E-state index >= 15 is 0 Å². The molecule has 25 heavy (non-hydrogen) atoms. The first-order chi connectivity index (χ1) is 12.2. The maximum absolute atomic E-state index is 12.5. The molecule has 2 aliphatic heterocycles. The summed E-state index contributed by atoms with van der Waals surface area (Å²) in [7, 11) is 0. The molecule has 2 saturated heterocycles. The maximum atomic E-state index is 12.5. The second-order valence-corrected chi connectivity index (χ2v) is 7.35. The SMILES string of the molecule is O=C(CCc1ccccn1)N1C[C@@H](CN2CCC(O)CC2)[C@@H](CO)C1. The second-order valence-electron chi connectivity index (χ2n) is 7.35. The van der Waals surface area contributed by atoms with Crippen LogP contribution in [0.2, 0.25) is 0 Å². The fourth-order valence-electron chi connectivity index (χ4n) is 3.93. The summed E-state index contributed by atoms with van der Waals surface area (Å²) in [5, 5.41) is 19.3. The average molecular weight is 347 g/mol. The van der Waals surface area contributed by atoms with E-state index in [1.54, 1.807) is 6.20 Å². The van der Waals surface area contributed by atoms with Gasteiger partial charge in [-0.1, -0.05) is 6.07 Å². The van der Waals surface area contributed by atoms with Gasteiger partial charge in [-0.15, -0.1) is 0 Å². The summed E-state index contributed by atoms with van der Waals surface area (Å²) in [6.45, 7) is 4.23. The molecule has 3 heterocycles. The Labute approximate surface area is 149 Å². The Morgan fingerprint density at radius 1 is 1.20 bits per heavy atom. The lowest BCUT2D eigenvalue weighted by Crippen LogP contribution is -2.40. The normalized spacial score (nSPS) is 25.4. The lowest BCUT2D eigenvalue weighted by Gasteiger charge is -2.32. The van der Waals surface area contributed by atoms with Crippen LogP contribution in [0.3, 0.4) is 0 Å². The van der Waals surface area contributed by atoms with Gasteiger partial charge in [0.15, 0.2) is 0 Å². The van der Waals surface area contributed by atoms with Crippen LogP contribution in [-0.4, -0.2) is 76.3 Å². The van der Waals surface area contributed by atoms with E-state index < -0.39 is 0 Å². The quantitative estimate of drug-likeness (QED) is 0.785. The first kappa shape index (κ1) is 18.3. The number of aliphatic hydroxyl groups is 2. The van der Waals surface area contributed by atoms with Gasteiger partial charge in [-0.3, -0.25) is 9.78 Å². The monoisotopic (exact) mass is 347 g/mol. The zero-order chi connectivity index (χ0) is 17.6. The van der Waals surface area contributed by atoms with Gasteiger partial charge < -0.3 is 20.0 Å². The molecule has 1 amide bonds. The summed E-state index contributed by atoms with van der Waals surface area (Å²) in [6, 6.07) is 5.76. The highest BCUT2D eigenvalue weighted by atomic mass is 16.3. The zero-order valence-corrected chi connectivity index (χ0v) is 14.8. The number of pyridine rings is 1. The van der Waals surface area contributed by atoms with Gasteiger partial charge in [-0.25, -0.2) is 0 Å². The summed E-state index contributed by atoms with van der Waals surface area (Å²) in [5.41, 5.74) is 0.942. The van der Waals surface area contributed by atoms with E-state index in [0.717, 1.165) is 44.7 Å². The molecular weight excluding hydrogens is 318 g/mol. The van der Waals surface area contributed by atoms with E-state index in [1.165, 1.54) is 0 Å². The molecule has 0 radical (unpaired) electrons. The van der Waals surface area contributed by atoms with Crippen LogP contribution in [-0.2, 0) is 11.2 Å². The minimum atomic E-state index is -0.168. The molecule has 0 bridgehead atoms. The van der Waals surface area contributed by atoms with Gasteiger partial charge in [0.2, 0.25) is 5.91 Å². The number of hydrogen-bond donors (Lipinski definition) is 2. The fourth-order valence-corrected chi connectivity index (χ4v) is 3.93. The minimum Gasteiger partial charge on any atom is -0.396 e. The Morgan fingerprint density at radius 2 is 1.96 bits per heavy atom. The summed E-state index contributed by atoms with van der Waals surface area (Å²) < 4.78 is 0. The summed E-state index contributed by atoms with van der Waals surface area (Å²) >= 11 is 0. The van der Waals surface area contributed by atoms with Crippen LogP contribution in [0.1, 0.15) is 25.0 Å². The largest absolute Gasteiger partial charge is 0.396 e. The molecule has 1 aromatic heterocycles. The molecule has 1 aromatic rings. The van der Waals surface area contributed by atoms with Crippen LogP contribution in [0.5, 0.6) is 0 Å². The highest BCUT2D eigenvalue weighted by Crippen LogP contribution is 2.26. The minimum absolute atomic E-state index is 0.130. The predicted molar refractivity (Wildman–Crippen MR) is 94.9 cm³/mol. The van der Waals surface area contributed by atoms with Crippen LogP contribution in [0, 0.1) is 11.8 Å². The van der Waals surface area contributed by atoms with Gasteiger partial charge in [-0.05, 0) is 37.3 Å². The molecule has 0 spiro atoms. The molecule has 6 heteroatoms. The standard InChI is InChI=1S/C19H29N3O3/c23-14-16-13-22(19(25)5-4-17-3-1-2-8-20-17)12-15(16)11-21-9-6-18(24)7-10-21/h1-3,8,15-16,18,23-24H,4-7,9-14H2/t15-,16-/m1/s1. The van der Waals surface area contributed by atoms with Crippen molar-refractivity contribution in [2.75, 3.05) is 39.3 Å². The highest BCUT2D eigenvalue weighted by molar-refractivity contribution is 5.76. The molecule has 0 unspecified atom stereocenters. The Kier molecular flexibility index (Phi) is 6.39. The molecule has 6 nitrogen and oxygen atoms in total. The van der Waals surface area contributed by atoms with E-state index in [1.807, 2.05) is 23.1 Å². The number of nitrogens with zero attached hydrogens (tertiary/aromatic N) is 3. The average Bonchev–Trinajstić information content (AvgIpc) is 3.05. The summed E-state index contributed by atoms with van der Waals surface area (Å²) in [5.74, 6) is 0.630. The third-order valence-corrected chi connectivity index (χ3v) is 5.53. The molecule has 0 aromatic carbocycles. The van der Waals surface area contributed by atoms with Crippen molar-refractivity contribution >= 4 is 5.91 Å². The Balaban J connectivity index is 1.49. The molecule has 3 rings (SSSR count). The maximum Gasteiger partial charge on any atom is 0.222 e. The van der Waals surface area contributed by atoms with Crippen molar-refractivity contribution in [1.29, 1.82) is 0 Å². The lowest BCUT2D eigenvalue weighted by atomic mass is 9.95. The number of amides is 1. The van der Waals surface area contributed by atoms with E-state index in [4.69, 9.17) is 0 Å². The van der Waals surface area contributed by atoms with E-state index in [9.17, 15) is 15.0 Å². The number of carbonyl (C=O) groups excluding carboxylic acids is 1. The number of carbonyl (C=O) groups is 1. The first-order valence-corrected chi connectivity index (χ1v) is 9.34. The number of piperidine rings is 1. The number of aliphatic hydroxyl groups excluding tert-OH is 2. The third kappa shape index (κ3) is 5.00.